The Morgan fingerprint density at radius 3 is 2.50 bits per heavy atom. The van der Waals surface area contributed by atoms with Gasteiger partial charge >= 0.3 is 5.97 Å². The van der Waals surface area contributed by atoms with E-state index in [2.05, 4.69) is 5.32 Å². The van der Waals surface area contributed by atoms with E-state index in [0.717, 1.165) is 11.3 Å². The van der Waals surface area contributed by atoms with E-state index < -0.39 is 18.0 Å². The lowest BCUT2D eigenvalue weighted by molar-refractivity contribution is -0.139. The van der Waals surface area contributed by atoms with E-state index in [9.17, 15) is 14.7 Å². The van der Waals surface area contributed by atoms with Gasteiger partial charge in [-0.25, -0.2) is 0 Å². The molecule has 1 amide bonds. The van der Waals surface area contributed by atoms with Crippen molar-refractivity contribution in [2.45, 2.75) is 25.6 Å². The molecular formula is C20H23NO5. The number of carboxylic acids is 1. The molecule has 138 valence electrons. The summed E-state index contributed by atoms with van der Waals surface area (Å²) in [6, 6.07) is 16.2. The Morgan fingerprint density at radius 2 is 1.85 bits per heavy atom. The molecule has 0 heterocycles. The molecule has 2 aromatic rings. The van der Waals surface area contributed by atoms with Gasteiger partial charge < -0.3 is 19.9 Å². The predicted octanol–water partition coefficient (Wildman–Crippen LogP) is 2.58. The normalized spacial score (nSPS) is 12.8. The van der Waals surface area contributed by atoms with E-state index in [-0.39, 0.29) is 19.1 Å². The molecule has 26 heavy (non-hydrogen) atoms. The van der Waals surface area contributed by atoms with Crippen LogP contribution in [-0.2, 0) is 20.9 Å². The maximum Gasteiger partial charge on any atom is 0.312 e. The molecule has 0 aromatic heterocycles. The zero-order valence-corrected chi connectivity index (χ0v) is 14.8. The van der Waals surface area contributed by atoms with Crippen LogP contribution in [0, 0.1) is 0 Å². The van der Waals surface area contributed by atoms with Crippen molar-refractivity contribution in [2.75, 3.05) is 13.7 Å². The van der Waals surface area contributed by atoms with Crippen LogP contribution in [0.15, 0.2) is 54.6 Å². The minimum atomic E-state index is -0.985. The quantitative estimate of drug-likeness (QED) is 0.720. The average molecular weight is 357 g/mol. The number of rotatable bonds is 9. The van der Waals surface area contributed by atoms with Crippen LogP contribution in [0.3, 0.4) is 0 Å². The van der Waals surface area contributed by atoms with E-state index in [1.165, 1.54) is 0 Å². The Hall–Kier alpha value is -2.86. The lowest BCUT2D eigenvalue weighted by Crippen LogP contribution is -2.38. The number of carboxylic acid groups (broad SMARTS) is 1. The van der Waals surface area contributed by atoms with Gasteiger partial charge in [-0.3, -0.25) is 9.59 Å². The van der Waals surface area contributed by atoms with Gasteiger partial charge in [-0.1, -0.05) is 42.5 Å². The van der Waals surface area contributed by atoms with Gasteiger partial charge in [-0.2, -0.15) is 0 Å². The molecule has 0 saturated carbocycles. The summed E-state index contributed by atoms with van der Waals surface area (Å²) in [6.45, 7) is 1.89. The van der Waals surface area contributed by atoms with Gasteiger partial charge in [-0.15, -0.1) is 0 Å². The highest BCUT2D eigenvalue weighted by Gasteiger charge is 2.22. The molecule has 2 aromatic carbocycles. The Balaban J connectivity index is 1.86. The monoisotopic (exact) mass is 357 g/mol. The lowest BCUT2D eigenvalue weighted by Gasteiger charge is -2.17. The second-order valence-electron chi connectivity index (χ2n) is 5.85. The second-order valence-corrected chi connectivity index (χ2v) is 5.85. The number of aliphatic carboxylic acids is 1. The van der Waals surface area contributed by atoms with Crippen molar-refractivity contribution in [3.8, 4) is 5.75 Å². The van der Waals surface area contributed by atoms with Crippen LogP contribution >= 0.6 is 0 Å². The number of hydrogen-bond donors (Lipinski definition) is 2. The molecular weight excluding hydrogens is 334 g/mol. The Kier molecular flexibility index (Phi) is 7.17. The first kappa shape index (κ1) is 19.5. The topological polar surface area (TPSA) is 84.9 Å². The van der Waals surface area contributed by atoms with Crippen molar-refractivity contribution in [3.63, 3.8) is 0 Å². The maximum atomic E-state index is 12.2. The van der Waals surface area contributed by atoms with Crippen molar-refractivity contribution >= 4 is 11.9 Å². The molecule has 2 N–H and O–H groups in total. The highest BCUT2D eigenvalue weighted by Crippen LogP contribution is 2.16. The standard InChI is InChI=1S/C20H23NO5/c1-14(26-13-15-7-6-10-17(11-15)25-2)19(22)21-12-18(20(23)24)16-8-4-3-5-9-16/h3-11,14,18H,12-13H2,1-2H3,(H,21,22)(H,23,24). The van der Waals surface area contributed by atoms with Crippen LogP contribution in [0.5, 0.6) is 5.75 Å². The largest absolute Gasteiger partial charge is 0.497 e. The van der Waals surface area contributed by atoms with Crippen molar-refractivity contribution < 1.29 is 24.2 Å². The minimum absolute atomic E-state index is 0.00500. The van der Waals surface area contributed by atoms with Crippen molar-refractivity contribution in [1.29, 1.82) is 0 Å². The van der Waals surface area contributed by atoms with Crippen molar-refractivity contribution in [1.82, 2.24) is 5.32 Å². The maximum absolute atomic E-state index is 12.2. The van der Waals surface area contributed by atoms with E-state index in [4.69, 9.17) is 9.47 Å². The molecule has 2 unspecified atom stereocenters. The van der Waals surface area contributed by atoms with E-state index in [0.29, 0.717) is 5.56 Å². The lowest BCUT2D eigenvalue weighted by atomic mass is 9.99. The number of benzene rings is 2. The van der Waals surface area contributed by atoms with Gasteiger partial charge in [0.2, 0.25) is 5.91 Å². The summed E-state index contributed by atoms with van der Waals surface area (Å²) in [4.78, 5) is 23.7. The highest BCUT2D eigenvalue weighted by molar-refractivity contribution is 5.82. The first-order valence-electron chi connectivity index (χ1n) is 8.31. The first-order chi connectivity index (χ1) is 12.5. The smallest absolute Gasteiger partial charge is 0.312 e. The average Bonchev–Trinajstić information content (AvgIpc) is 2.66. The van der Waals surface area contributed by atoms with Crippen molar-refractivity contribution in [3.05, 3.63) is 65.7 Å². The number of methoxy groups -OCH3 is 1. The number of nitrogens with one attached hydrogen (secondary N) is 1. The number of hydrogen-bond acceptors (Lipinski definition) is 4. The summed E-state index contributed by atoms with van der Waals surface area (Å²) in [6.07, 6.45) is -0.702. The highest BCUT2D eigenvalue weighted by atomic mass is 16.5. The Morgan fingerprint density at radius 1 is 1.12 bits per heavy atom. The van der Waals surface area contributed by atoms with Crippen molar-refractivity contribution in [2.24, 2.45) is 0 Å². The fourth-order valence-electron chi connectivity index (χ4n) is 2.44. The molecule has 6 heteroatoms. The van der Waals surface area contributed by atoms with Gasteiger partial charge in [0.25, 0.3) is 0 Å². The molecule has 0 aliphatic heterocycles. The summed E-state index contributed by atoms with van der Waals surface area (Å²) in [5.41, 5.74) is 1.53. The van der Waals surface area contributed by atoms with Crippen LogP contribution in [0.2, 0.25) is 0 Å². The summed E-state index contributed by atoms with van der Waals surface area (Å²) < 4.78 is 10.7. The van der Waals surface area contributed by atoms with E-state index >= 15 is 0 Å². The fourth-order valence-corrected chi connectivity index (χ4v) is 2.44. The molecule has 2 rings (SSSR count). The number of amides is 1. The molecule has 0 aliphatic carbocycles. The SMILES string of the molecule is COc1cccc(COC(C)C(=O)NCC(C(=O)O)c2ccccc2)c1. The van der Waals surface area contributed by atoms with Gasteiger partial charge in [0, 0.05) is 6.54 Å². The number of ether oxygens (including phenoxy) is 2. The van der Waals surface area contributed by atoms with Crippen LogP contribution in [0.25, 0.3) is 0 Å². The van der Waals surface area contributed by atoms with Gasteiger partial charge in [-0.05, 0) is 30.2 Å². The third-order valence-corrected chi connectivity index (χ3v) is 3.98. The zero-order valence-electron chi connectivity index (χ0n) is 14.8. The Labute approximate surface area is 152 Å². The molecule has 0 saturated heterocycles. The number of carbonyl (C=O) groups excluding carboxylic acids is 1. The predicted molar refractivity (Wildman–Crippen MR) is 97.1 cm³/mol. The van der Waals surface area contributed by atoms with E-state index in [1.54, 1.807) is 38.3 Å². The van der Waals surface area contributed by atoms with Gasteiger partial charge in [0.1, 0.15) is 11.9 Å². The third kappa shape index (κ3) is 5.60. The summed E-state index contributed by atoms with van der Waals surface area (Å²) in [7, 11) is 1.58. The van der Waals surface area contributed by atoms with Crippen LogP contribution < -0.4 is 10.1 Å². The van der Waals surface area contributed by atoms with Crippen LogP contribution in [0.4, 0.5) is 0 Å². The fraction of sp³-hybridized carbons (Fsp3) is 0.300. The zero-order chi connectivity index (χ0) is 18.9. The van der Waals surface area contributed by atoms with Gasteiger partial charge in [0.05, 0.1) is 19.6 Å². The molecule has 0 bridgehead atoms. The second kappa shape index (κ2) is 9.58. The minimum Gasteiger partial charge on any atom is -0.497 e. The molecule has 0 fully saturated rings. The summed E-state index contributed by atoms with van der Waals surface area (Å²) in [5, 5.41) is 12.0. The van der Waals surface area contributed by atoms with E-state index in [1.807, 2.05) is 30.3 Å². The molecule has 0 radical (unpaired) electrons. The molecule has 6 nitrogen and oxygen atoms in total. The summed E-state index contributed by atoms with van der Waals surface area (Å²) in [5.74, 6) is -1.42. The number of carbonyl (C=O) groups is 2. The summed E-state index contributed by atoms with van der Waals surface area (Å²) >= 11 is 0. The Bertz CT molecular complexity index is 732. The van der Waals surface area contributed by atoms with Gasteiger partial charge in [0.15, 0.2) is 0 Å². The molecule has 0 spiro atoms. The van der Waals surface area contributed by atoms with Crippen LogP contribution in [0.1, 0.15) is 24.0 Å². The molecule has 2 atom stereocenters. The molecule has 0 aliphatic rings. The third-order valence-electron chi connectivity index (χ3n) is 3.98. The first-order valence-corrected chi connectivity index (χ1v) is 8.31. The van der Waals surface area contributed by atoms with Crippen LogP contribution in [-0.4, -0.2) is 36.7 Å².